The molecule has 0 amide bonds. The van der Waals surface area contributed by atoms with Gasteiger partial charge in [0, 0.05) is 6.42 Å². The molecule has 0 aliphatic heterocycles. The van der Waals surface area contributed by atoms with Crippen molar-refractivity contribution in [3.05, 3.63) is 30.3 Å². The molecule has 1 N–H and O–H groups in total. The van der Waals surface area contributed by atoms with E-state index in [0.717, 1.165) is 5.75 Å². The van der Waals surface area contributed by atoms with Crippen molar-refractivity contribution in [3.63, 3.8) is 0 Å². The summed E-state index contributed by atoms with van der Waals surface area (Å²) in [6.45, 7) is 1.71. The summed E-state index contributed by atoms with van der Waals surface area (Å²) in [5.74, 6) is 0.746. The van der Waals surface area contributed by atoms with Gasteiger partial charge in [0.1, 0.15) is 19.0 Å². The van der Waals surface area contributed by atoms with Crippen molar-refractivity contribution >= 4 is 6.21 Å². The molecule has 0 aromatic heterocycles. The minimum atomic E-state index is -0.447. The number of rotatable bonds is 6. The first-order chi connectivity index (χ1) is 7.72. The maximum Gasteiger partial charge on any atom is 0.139 e. The first kappa shape index (κ1) is 12.5. The molecule has 2 atom stereocenters. The van der Waals surface area contributed by atoms with E-state index in [-0.39, 0.29) is 6.10 Å². The zero-order chi connectivity index (χ0) is 11.8. The number of hydrogen-bond donors (Lipinski definition) is 1. The van der Waals surface area contributed by atoms with Crippen LogP contribution in [0.25, 0.3) is 0 Å². The third-order valence-corrected chi connectivity index (χ3v) is 1.94. The Balaban J connectivity index is 2.59. The molecule has 0 radical (unpaired) electrons. The zero-order valence-electron chi connectivity index (χ0n) is 9.54. The molecule has 4 heteroatoms. The van der Waals surface area contributed by atoms with E-state index in [2.05, 4.69) is 9.99 Å². The number of aliphatic hydroxyl groups is 1. The Hall–Kier alpha value is -1.55. The normalized spacial score (nSPS) is 14.7. The predicted molar refractivity (Wildman–Crippen MR) is 62.7 cm³/mol. The van der Waals surface area contributed by atoms with Crippen LogP contribution < -0.4 is 4.74 Å². The molecule has 2 unspecified atom stereocenters. The van der Waals surface area contributed by atoms with Crippen LogP contribution in [-0.2, 0) is 4.84 Å². The van der Waals surface area contributed by atoms with Gasteiger partial charge in [0.15, 0.2) is 0 Å². The third kappa shape index (κ3) is 4.79. The molecule has 0 saturated heterocycles. The van der Waals surface area contributed by atoms with Gasteiger partial charge in [-0.15, -0.1) is 0 Å². The van der Waals surface area contributed by atoms with Crippen LogP contribution in [0.1, 0.15) is 13.3 Å². The average molecular weight is 223 g/mol. The molecule has 1 rings (SSSR count). The summed E-state index contributed by atoms with van der Waals surface area (Å²) in [6.07, 6.45) is 1.28. The molecule has 0 spiro atoms. The molecule has 4 nitrogen and oxygen atoms in total. The van der Waals surface area contributed by atoms with Crippen LogP contribution in [0, 0.1) is 0 Å². The molecule has 0 saturated carbocycles. The molecule has 0 bridgehead atoms. The minimum Gasteiger partial charge on any atom is -0.485 e. The Labute approximate surface area is 95.5 Å². The van der Waals surface area contributed by atoms with Crippen molar-refractivity contribution in [1.29, 1.82) is 0 Å². The second-order valence-corrected chi connectivity index (χ2v) is 3.49. The Morgan fingerprint density at radius 1 is 1.38 bits per heavy atom. The van der Waals surface area contributed by atoms with Crippen LogP contribution in [0.15, 0.2) is 35.5 Å². The van der Waals surface area contributed by atoms with Gasteiger partial charge in [0.05, 0.1) is 12.3 Å². The summed E-state index contributed by atoms with van der Waals surface area (Å²) in [7, 11) is 1.47. The van der Waals surface area contributed by atoms with Crippen molar-refractivity contribution in [2.24, 2.45) is 5.16 Å². The molecule has 16 heavy (non-hydrogen) atoms. The monoisotopic (exact) mass is 223 g/mol. The molecule has 88 valence electrons. The van der Waals surface area contributed by atoms with Crippen LogP contribution in [0.5, 0.6) is 5.75 Å². The Morgan fingerprint density at radius 2 is 2.06 bits per heavy atom. The standard InChI is InChI=1S/C12H17NO3/c1-10(14)8-12(9-13-15-2)16-11-6-4-3-5-7-11/h3-7,9-10,12,14H,8H2,1-2H3/b13-9+. The van der Waals surface area contributed by atoms with Crippen LogP contribution >= 0.6 is 0 Å². The topological polar surface area (TPSA) is 51.0 Å². The van der Waals surface area contributed by atoms with Gasteiger partial charge >= 0.3 is 0 Å². The predicted octanol–water partition coefficient (Wildman–Crippen LogP) is 1.84. The Kier molecular flexibility index (Phi) is 5.36. The van der Waals surface area contributed by atoms with E-state index in [1.165, 1.54) is 7.11 Å². The molecule has 0 fully saturated rings. The second kappa shape index (κ2) is 6.85. The molecule has 0 aliphatic carbocycles. The van der Waals surface area contributed by atoms with Crippen LogP contribution in [0.4, 0.5) is 0 Å². The van der Waals surface area contributed by atoms with Crippen LogP contribution in [0.2, 0.25) is 0 Å². The highest BCUT2D eigenvalue weighted by Gasteiger charge is 2.11. The third-order valence-electron chi connectivity index (χ3n) is 1.94. The van der Waals surface area contributed by atoms with E-state index in [9.17, 15) is 5.11 Å². The quantitative estimate of drug-likeness (QED) is 0.591. The van der Waals surface area contributed by atoms with Crippen LogP contribution in [0.3, 0.4) is 0 Å². The zero-order valence-corrected chi connectivity index (χ0v) is 9.54. The van der Waals surface area contributed by atoms with Crippen molar-refractivity contribution in [1.82, 2.24) is 0 Å². The molecular weight excluding hydrogens is 206 g/mol. The summed E-state index contributed by atoms with van der Waals surface area (Å²) in [5.41, 5.74) is 0. The van der Waals surface area contributed by atoms with Gasteiger partial charge in [0.25, 0.3) is 0 Å². The van der Waals surface area contributed by atoms with Crippen molar-refractivity contribution in [3.8, 4) is 5.75 Å². The lowest BCUT2D eigenvalue weighted by molar-refractivity contribution is 0.134. The number of benzene rings is 1. The lowest BCUT2D eigenvalue weighted by atomic mass is 10.2. The van der Waals surface area contributed by atoms with E-state index < -0.39 is 6.10 Å². The largest absolute Gasteiger partial charge is 0.485 e. The highest BCUT2D eigenvalue weighted by molar-refractivity contribution is 5.63. The SMILES string of the molecule is CO/N=C/C(CC(C)O)Oc1ccccc1. The fourth-order valence-electron chi connectivity index (χ4n) is 1.28. The van der Waals surface area contributed by atoms with Gasteiger partial charge in [-0.05, 0) is 19.1 Å². The minimum absolute atomic E-state index is 0.289. The highest BCUT2D eigenvalue weighted by Crippen LogP contribution is 2.12. The summed E-state index contributed by atoms with van der Waals surface area (Å²) in [5, 5.41) is 13.0. The highest BCUT2D eigenvalue weighted by atomic mass is 16.6. The van der Waals surface area contributed by atoms with E-state index >= 15 is 0 Å². The number of para-hydroxylation sites is 1. The van der Waals surface area contributed by atoms with Gasteiger partial charge in [-0.3, -0.25) is 0 Å². The summed E-state index contributed by atoms with van der Waals surface area (Å²) in [4.78, 5) is 4.60. The van der Waals surface area contributed by atoms with Crippen molar-refractivity contribution in [2.75, 3.05) is 7.11 Å². The number of oxime groups is 1. The first-order valence-corrected chi connectivity index (χ1v) is 5.18. The van der Waals surface area contributed by atoms with Crippen molar-refractivity contribution < 1.29 is 14.7 Å². The number of ether oxygens (including phenoxy) is 1. The Morgan fingerprint density at radius 3 is 2.62 bits per heavy atom. The van der Waals surface area contributed by atoms with Gasteiger partial charge in [-0.1, -0.05) is 23.4 Å². The molecule has 0 heterocycles. The van der Waals surface area contributed by atoms with Crippen molar-refractivity contribution in [2.45, 2.75) is 25.6 Å². The van der Waals surface area contributed by atoms with E-state index in [1.54, 1.807) is 13.1 Å². The Bertz CT molecular complexity index is 311. The van der Waals surface area contributed by atoms with E-state index in [4.69, 9.17) is 4.74 Å². The maximum absolute atomic E-state index is 9.32. The summed E-state index contributed by atoms with van der Waals surface area (Å²) >= 11 is 0. The average Bonchev–Trinajstić information content (AvgIpc) is 2.26. The smallest absolute Gasteiger partial charge is 0.139 e. The fraction of sp³-hybridized carbons (Fsp3) is 0.417. The number of hydrogen-bond acceptors (Lipinski definition) is 4. The molecular formula is C12H17NO3. The van der Waals surface area contributed by atoms with E-state index in [0.29, 0.717) is 6.42 Å². The van der Waals surface area contributed by atoms with E-state index in [1.807, 2.05) is 30.3 Å². The second-order valence-electron chi connectivity index (χ2n) is 3.49. The molecule has 1 aromatic carbocycles. The summed E-state index contributed by atoms with van der Waals surface area (Å²) < 4.78 is 5.64. The van der Waals surface area contributed by atoms with Gasteiger partial charge in [-0.25, -0.2) is 0 Å². The lowest BCUT2D eigenvalue weighted by Gasteiger charge is -2.16. The number of nitrogens with zero attached hydrogens (tertiary/aromatic N) is 1. The lowest BCUT2D eigenvalue weighted by Crippen LogP contribution is -2.23. The fourth-order valence-corrected chi connectivity index (χ4v) is 1.28. The summed E-state index contributed by atoms with van der Waals surface area (Å²) in [6, 6.07) is 9.41. The maximum atomic E-state index is 9.32. The molecule has 0 aliphatic rings. The van der Waals surface area contributed by atoms with Gasteiger partial charge in [0.2, 0.25) is 0 Å². The number of aliphatic hydroxyl groups excluding tert-OH is 1. The van der Waals surface area contributed by atoms with Crippen LogP contribution in [-0.4, -0.2) is 30.6 Å². The first-order valence-electron chi connectivity index (χ1n) is 5.18. The van der Waals surface area contributed by atoms with Gasteiger partial charge in [-0.2, -0.15) is 0 Å². The van der Waals surface area contributed by atoms with Gasteiger partial charge < -0.3 is 14.7 Å². The molecule has 1 aromatic rings.